The zero-order chi connectivity index (χ0) is 24.6. The van der Waals surface area contributed by atoms with Crippen molar-refractivity contribution in [2.45, 2.75) is 38.3 Å². The summed E-state index contributed by atoms with van der Waals surface area (Å²) in [6.45, 7) is 5.17. The predicted molar refractivity (Wildman–Crippen MR) is 112 cm³/mol. The van der Waals surface area contributed by atoms with Gasteiger partial charge in [-0.05, 0) is 30.0 Å². The van der Waals surface area contributed by atoms with E-state index < -0.39 is 55.7 Å². The quantitative estimate of drug-likeness (QED) is 0.389. The van der Waals surface area contributed by atoms with E-state index >= 15 is 4.39 Å². The van der Waals surface area contributed by atoms with Crippen molar-refractivity contribution in [3.8, 4) is 11.3 Å². The van der Waals surface area contributed by atoms with Crippen molar-refractivity contribution in [1.29, 1.82) is 0 Å². The number of nitrogens with zero attached hydrogens (tertiary/aromatic N) is 2. The molecule has 33 heavy (non-hydrogen) atoms. The van der Waals surface area contributed by atoms with Crippen molar-refractivity contribution in [2.75, 3.05) is 0 Å². The Hall–Kier alpha value is -3.54. The highest BCUT2D eigenvalue weighted by molar-refractivity contribution is 7.90. The Kier molecular flexibility index (Phi) is 6.41. The lowest BCUT2D eigenvalue weighted by Crippen LogP contribution is -2.44. The highest BCUT2D eigenvalue weighted by Gasteiger charge is 2.34. The topological polar surface area (TPSA) is 132 Å². The van der Waals surface area contributed by atoms with Crippen molar-refractivity contribution < 1.29 is 36.3 Å². The van der Waals surface area contributed by atoms with Gasteiger partial charge in [-0.25, -0.2) is 18.1 Å². The second-order valence-corrected chi connectivity index (χ2v) is 10.0. The number of aldehydes is 1. The smallest absolute Gasteiger partial charge is 0.404 e. The van der Waals surface area contributed by atoms with Crippen molar-refractivity contribution in [3.63, 3.8) is 0 Å². The lowest BCUT2D eigenvalue weighted by molar-refractivity contribution is 0.111. The lowest BCUT2D eigenvalue weighted by atomic mass is 9.83. The molecule has 3 rings (SSSR count). The standard InChI is InChI=1S/C21H21F2N3O6S/c1-21(2,3)15(25-20(28)29)9-13-10-26(33(30,31)19-12(11-27)6-8-32-19)17(16(13)22)14-5-4-7-24-18(14)23/h4-8,10-11,15,25H,9H2,1-3H3,(H,28,29). The zero-order valence-corrected chi connectivity index (χ0v) is 18.7. The molecule has 0 bridgehead atoms. The molecule has 0 aliphatic heterocycles. The minimum atomic E-state index is -4.68. The van der Waals surface area contributed by atoms with E-state index in [-0.39, 0.29) is 23.8 Å². The Morgan fingerprint density at radius 1 is 1.33 bits per heavy atom. The van der Waals surface area contributed by atoms with Crippen LogP contribution in [-0.4, -0.2) is 40.9 Å². The summed E-state index contributed by atoms with van der Waals surface area (Å²) in [4.78, 5) is 26.0. The molecular weight excluding hydrogens is 460 g/mol. The molecule has 0 spiro atoms. The molecule has 0 aliphatic rings. The van der Waals surface area contributed by atoms with Crippen molar-refractivity contribution in [1.82, 2.24) is 14.3 Å². The number of furan rings is 1. The Morgan fingerprint density at radius 3 is 2.61 bits per heavy atom. The van der Waals surface area contributed by atoms with Crippen LogP contribution in [0.15, 0.2) is 46.4 Å². The summed E-state index contributed by atoms with van der Waals surface area (Å²) >= 11 is 0. The van der Waals surface area contributed by atoms with Crippen LogP contribution >= 0.6 is 0 Å². The monoisotopic (exact) mass is 481 g/mol. The third-order valence-electron chi connectivity index (χ3n) is 5.04. The first-order valence-corrected chi connectivity index (χ1v) is 11.1. The SMILES string of the molecule is CC(C)(C)C(Cc1cn(S(=O)(=O)c2occc2C=O)c(-c2cccnc2F)c1F)NC(=O)O. The summed E-state index contributed by atoms with van der Waals surface area (Å²) in [5.41, 5.74) is -2.26. The van der Waals surface area contributed by atoms with Gasteiger partial charge in [-0.2, -0.15) is 12.8 Å². The molecule has 1 atom stereocenters. The number of hydrogen-bond donors (Lipinski definition) is 2. The summed E-state index contributed by atoms with van der Waals surface area (Å²) in [6, 6.07) is 2.76. The lowest BCUT2D eigenvalue weighted by Gasteiger charge is -2.30. The first-order valence-electron chi connectivity index (χ1n) is 9.66. The summed E-state index contributed by atoms with van der Waals surface area (Å²) in [5.74, 6) is -2.20. The molecule has 1 amide bonds. The molecule has 0 saturated carbocycles. The van der Waals surface area contributed by atoms with Crippen LogP contribution in [0.1, 0.15) is 36.7 Å². The van der Waals surface area contributed by atoms with Crippen molar-refractivity contribution in [3.05, 3.63) is 59.7 Å². The van der Waals surface area contributed by atoms with E-state index in [0.717, 1.165) is 30.8 Å². The normalized spacial score (nSPS) is 13.0. The number of pyridine rings is 1. The Morgan fingerprint density at radius 2 is 2.03 bits per heavy atom. The zero-order valence-electron chi connectivity index (χ0n) is 17.9. The van der Waals surface area contributed by atoms with Gasteiger partial charge in [0.15, 0.2) is 12.1 Å². The molecule has 0 aliphatic carbocycles. The third-order valence-corrected chi connectivity index (χ3v) is 6.65. The molecular formula is C21H21F2N3O6S. The van der Waals surface area contributed by atoms with E-state index in [0.29, 0.717) is 3.97 Å². The molecule has 0 fully saturated rings. The Labute approximate surface area is 188 Å². The summed E-state index contributed by atoms with van der Waals surface area (Å²) in [6.07, 6.45) is 1.70. The number of carbonyl (C=O) groups excluding carboxylic acids is 1. The van der Waals surface area contributed by atoms with E-state index in [1.165, 1.54) is 6.07 Å². The molecule has 1 unspecified atom stereocenters. The molecule has 176 valence electrons. The maximum atomic E-state index is 15.6. The molecule has 0 radical (unpaired) electrons. The summed E-state index contributed by atoms with van der Waals surface area (Å²) < 4.78 is 62.2. The molecule has 0 saturated heterocycles. The fourth-order valence-electron chi connectivity index (χ4n) is 3.28. The fraction of sp³-hybridized carbons (Fsp3) is 0.286. The van der Waals surface area contributed by atoms with Crippen LogP contribution in [0.3, 0.4) is 0 Å². The average Bonchev–Trinajstić information content (AvgIpc) is 3.33. The molecule has 3 aromatic heterocycles. The van der Waals surface area contributed by atoms with Crippen LogP contribution in [-0.2, 0) is 16.4 Å². The minimum Gasteiger partial charge on any atom is -0.465 e. The van der Waals surface area contributed by atoms with Crippen LogP contribution in [0.4, 0.5) is 13.6 Å². The second kappa shape index (κ2) is 8.77. The molecule has 3 heterocycles. The van der Waals surface area contributed by atoms with Gasteiger partial charge in [0.1, 0.15) is 5.69 Å². The number of carbonyl (C=O) groups is 2. The number of halogens is 2. The molecule has 0 aromatic carbocycles. The largest absolute Gasteiger partial charge is 0.465 e. The maximum absolute atomic E-state index is 15.6. The van der Waals surface area contributed by atoms with E-state index in [2.05, 4.69) is 10.3 Å². The van der Waals surface area contributed by atoms with Crippen LogP contribution < -0.4 is 5.32 Å². The fourth-order valence-corrected chi connectivity index (χ4v) is 4.73. The molecule has 2 N–H and O–H groups in total. The first kappa shape index (κ1) is 24.1. The Bertz CT molecular complexity index is 1310. The van der Waals surface area contributed by atoms with Crippen molar-refractivity contribution in [2.24, 2.45) is 5.41 Å². The van der Waals surface area contributed by atoms with Gasteiger partial charge >= 0.3 is 16.1 Å². The van der Waals surface area contributed by atoms with Crippen LogP contribution in [0.2, 0.25) is 0 Å². The van der Waals surface area contributed by atoms with Gasteiger partial charge in [0.25, 0.3) is 0 Å². The van der Waals surface area contributed by atoms with Gasteiger partial charge in [0.05, 0.1) is 17.4 Å². The number of carboxylic acid groups (broad SMARTS) is 1. The van der Waals surface area contributed by atoms with Gasteiger partial charge in [0, 0.05) is 24.0 Å². The van der Waals surface area contributed by atoms with Crippen LogP contribution in [0, 0.1) is 17.2 Å². The van der Waals surface area contributed by atoms with E-state index in [9.17, 15) is 27.5 Å². The van der Waals surface area contributed by atoms with Gasteiger partial charge in [-0.3, -0.25) is 4.79 Å². The highest BCUT2D eigenvalue weighted by atomic mass is 32.2. The molecule has 3 aromatic rings. The van der Waals surface area contributed by atoms with Gasteiger partial charge in [-0.1, -0.05) is 20.8 Å². The molecule has 12 heteroatoms. The highest BCUT2D eigenvalue weighted by Crippen LogP contribution is 2.34. The number of aromatic nitrogens is 2. The van der Waals surface area contributed by atoms with E-state index in [1.54, 1.807) is 20.8 Å². The summed E-state index contributed by atoms with van der Waals surface area (Å²) in [5, 5.41) is 10.7. The third kappa shape index (κ3) is 4.65. The van der Waals surface area contributed by atoms with Crippen LogP contribution in [0.25, 0.3) is 11.3 Å². The maximum Gasteiger partial charge on any atom is 0.404 e. The Balaban J connectivity index is 2.26. The first-order chi connectivity index (χ1) is 15.4. The second-order valence-electron chi connectivity index (χ2n) is 8.31. The van der Waals surface area contributed by atoms with Crippen molar-refractivity contribution >= 4 is 22.4 Å². The predicted octanol–water partition coefficient (Wildman–Crippen LogP) is 3.70. The number of hydrogen-bond acceptors (Lipinski definition) is 6. The van der Waals surface area contributed by atoms with Gasteiger partial charge in [-0.15, -0.1) is 0 Å². The minimum absolute atomic E-state index is 0.190. The number of nitrogens with one attached hydrogen (secondary N) is 1. The van der Waals surface area contributed by atoms with Gasteiger partial charge in [0.2, 0.25) is 11.0 Å². The molecule has 9 nitrogen and oxygen atoms in total. The number of amides is 1. The van der Waals surface area contributed by atoms with Gasteiger partial charge < -0.3 is 14.8 Å². The number of rotatable bonds is 7. The average molecular weight is 481 g/mol. The van der Waals surface area contributed by atoms with E-state index in [4.69, 9.17) is 4.42 Å². The van der Waals surface area contributed by atoms with Crippen LogP contribution in [0.5, 0.6) is 0 Å². The van der Waals surface area contributed by atoms with E-state index in [1.807, 2.05) is 0 Å². The summed E-state index contributed by atoms with van der Waals surface area (Å²) in [7, 11) is -4.68.